The maximum atomic E-state index is 12.7. The first-order valence-corrected chi connectivity index (χ1v) is 25.9. The lowest BCUT2D eigenvalue weighted by Gasteiger charge is -2.24. The second-order valence-corrected chi connectivity index (χ2v) is 18.9. The Morgan fingerprint density at radius 3 is 1.47 bits per heavy atom. The summed E-state index contributed by atoms with van der Waals surface area (Å²) in [4.78, 5) is 23.0. The van der Waals surface area contributed by atoms with Crippen molar-refractivity contribution in [3.63, 3.8) is 0 Å². The number of quaternary nitrogens is 1. The number of rotatable bonds is 45. The molecule has 0 saturated carbocycles. The van der Waals surface area contributed by atoms with Crippen LogP contribution in [-0.4, -0.2) is 75.6 Å². The molecule has 346 valence electrons. The van der Waals surface area contributed by atoms with Crippen molar-refractivity contribution >= 4 is 13.8 Å². The number of carbonyl (C=O) groups excluding carboxylic acids is 1. The Bertz CT molecular complexity index is 1080. The number of likely N-dealkylation sites (N-methyl/N-ethyl adjacent to an activating group) is 1. The summed E-state index contributed by atoms with van der Waals surface area (Å²) in [6.45, 7) is 5.52. The van der Waals surface area contributed by atoms with Gasteiger partial charge in [0.1, 0.15) is 19.3 Å². The Morgan fingerprint density at radius 2 is 0.983 bits per heavy atom. The molecule has 0 rings (SSSR count). The zero-order valence-corrected chi connectivity index (χ0v) is 40.1. The van der Waals surface area contributed by atoms with Crippen molar-refractivity contribution in [3.8, 4) is 0 Å². The second-order valence-electron chi connectivity index (χ2n) is 17.5. The predicted octanol–water partition coefficient (Wildman–Crippen LogP) is 14.7. The second kappa shape index (κ2) is 43.1. The number of nitrogens with zero attached hydrogens (tertiary/aromatic N) is 1. The summed E-state index contributed by atoms with van der Waals surface area (Å²) in [7, 11) is 1.66. The summed E-state index contributed by atoms with van der Waals surface area (Å²) in [5.41, 5.74) is 0. The number of phosphoric acid groups is 1. The Kier molecular flexibility index (Phi) is 42.0. The van der Waals surface area contributed by atoms with Gasteiger partial charge in [0.05, 0.1) is 34.4 Å². The average Bonchev–Trinajstić information content (AvgIpc) is 3.19. The molecule has 2 atom stereocenters. The van der Waals surface area contributed by atoms with Gasteiger partial charge in [-0.15, -0.1) is 0 Å². The van der Waals surface area contributed by atoms with Gasteiger partial charge in [0.2, 0.25) is 0 Å². The van der Waals surface area contributed by atoms with E-state index in [0.29, 0.717) is 24.1 Å². The highest BCUT2D eigenvalue weighted by atomic mass is 31.2. The lowest BCUT2D eigenvalue weighted by atomic mass is 10.0. The standard InChI is InChI=1S/C50H94NO7P/c1-6-8-10-12-14-16-18-20-22-24-26-27-29-31-33-35-37-39-41-43-50(52)58-49(48-57-59(53,54)56-46-44-51(3,4)5)47-55-45-42-40-38-36-34-32-30-28-25-23-21-19-17-15-13-11-9-7-2/h8,10,14,16,20,22,26-27,49H,6-7,9,11-13,15,17-19,21,23-25,28-48H2,1-5H3/p+1/b10-8-,16-14-,22-20-,27-26-. The van der Waals surface area contributed by atoms with Gasteiger partial charge in [0, 0.05) is 13.0 Å². The van der Waals surface area contributed by atoms with E-state index in [1.807, 2.05) is 21.1 Å². The Balaban J connectivity index is 4.19. The normalized spacial score (nSPS) is 14.1. The van der Waals surface area contributed by atoms with Crippen molar-refractivity contribution in [2.45, 2.75) is 213 Å². The van der Waals surface area contributed by atoms with E-state index in [2.05, 4.69) is 62.5 Å². The van der Waals surface area contributed by atoms with Gasteiger partial charge in [0.15, 0.2) is 0 Å². The van der Waals surface area contributed by atoms with Crippen LogP contribution in [0.4, 0.5) is 0 Å². The molecule has 0 heterocycles. The van der Waals surface area contributed by atoms with Crippen LogP contribution < -0.4 is 0 Å². The Morgan fingerprint density at radius 1 is 0.542 bits per heavy atom. The summed E-state index contributed by atoms with van der Waals surface area (Å²) < 4.78 is 35.1. The van der Waals surface area contributed by atoms with Crippen LogP contribution in [0.15, 0.2) is 48.6 Å². The third kappa shape index (κ3) is 47.4. The van der Waals surface area contributed by atoms with E-state index in [-0.39, 0.29) is 25.8 Å². The SMILES string of the molecule is CC/C=C\C/C=C\C/C=C\C/C=C\CCCCCCCCC(=O)OC(COCCCCCCCCCCCCCCCCCCCC)COP(=O)(O)OCC[N+](C)(C)C. The molecule has 0 saturated heterocycles. The molecule has 0 bridgehead atoms. The minimum atomic E-state index is -4.28. The number of phosphoric ester groups is 1. The number of carbonyl (C=O) groups is 1. The molecule has 9 heteroatoms. The zero-order chi connectivity index (χ0) is 43.4. The van der Waals surface area contributed by atoms with Gasteiger partial charge in [-0.3, -0.25) is 13.8 Å². The fourth-order valence-electron chi connectivity index (χ4n) is 6.66. The smallest absolute Gasteiger partial charge is 0.457 e. The monoisotopic (exact) mass is 853 g/mol. The van der Waals surface area contributed by atoms with Gasteiger partial charge in [-0.1, -0.05) is 197 Å². The molecule has 0 spiro atoms. The largest absolute Gasteiger partial charge is 0.472 e. The molecule has 0 aromatic carbocycles. The van der Waals surface area contributed by atoms with Gasteiger partial charge in [0.25, 0.3) is 0 Å². The first kappa shape index (κ1) is 57.5. The molecular weight excluding hydrogens is 758 g/mol. The molecule has 0 aliphatic heterocycles. The summed E-state index contributed by atoms with van der Waals surface area (Å²) in [6.07, 6.45) is 52.9. The quantitative estimate of drug-likeness (QED) is 0.0214. The van der Waals surface area contributed by atoms with Crippen LogP contribution in [0.2, 0.25) is 0 Å². The van der Waals surface area contributed by atoms with Gasteiger partial charge in [-0.25, -0.2) is 4.57 Å². The maximum absolute atomic E-state index is 12.7. The van der Waals surface area contributed by atoms with E-state index in [4.69, 9.17) is 18.5 Å². The van der Waals surface area contributed by atoms with Gasteiger partial charge >= 0.3 is 13.8 Å². The van der Waals surface area contributed by atoms with Gasteiger partial charge in [-0.05, 0) is 51.4 Å². The minimum absolute atomic E-state index is 0.0853. The highest BCUT2D eigenvalue weighted by molar-refractivity contribution is 7.47. The molecule has 0 fully saturated rings. The molecule has 0 aromatic heterocycles. The predicted molar refractivity (Wildman–Crippen MR) is 252 cm³/mol. The molecule has 0 aromatic rings. The van der Waals surface area contributed by atoms with Crippen LogP contribution in [0, 0.1) is 0 Å². The van der Waals surface area contributed by atoms with E-state index in [0.717, 1.165) is 70.6 Å². The molecule has 0 aliphatic carbocycles. The first-order chi connectivity index (χ1) is 28.6. The van der Waals surface area contributed by atoms with E-state index < -0.39 is 13.9 Å². The third-order valence-corrected chi connectivity index (χ3v) is 11.4. The molecule has 2 unspecified atom stereocenters. The summed E-state index contributed by atoms with van der Waals surface area (Å²) in [5, 5.41) is 0. The lowest BCUT2D eigenvalue weighted by molar-refractivity contribution is -0.870. The topological polar surface area (TPSA) is 91.3 Å². The summed E-state index contributed by atoms with van der Waals surface area (Å²) in [6, 6.07) is 0. The van der Waals surface area contributed by atoms with E-state index >= 15 is 0 Å². The molecule has 59 heavy (non-hydrogen) atoms. The highest BCUT2D eigenvalue weighted by Gasteiger charge is 2.26. The van der Waals surface area contributed by atoms with E-state index in [9.17, 15) is 14.3 Å². The van der Waals surface area contributed by atoms with Crippen molar-refractivity contribution < 1.29 is 37.3 Å². The third-order valence-electron chi connectivity index (χ3n) is 10.4. The summed E-state index contributed by atoms with van der Waals surface area (Å²) in [5.74, 6) is -0.326. The Labute approximate surface area is 365 Å². The lowest BCUT2D eigenvalue weighted by Crippen LogP contribution is -2.37. The zero-order valence-electron chi connectivity index (χ0n) is 39.2. The highest BCUT2D eigenvalue weighted by Crippen LogP contribution is 2.43. The molecular formula is C50H95NO7P+. The number of hydrogen-bond donors (Lipinski definition) is 1. The maximum Gasteiger partial charge on any atom is 0.472 e. The first-order valence-electron chi connectivity index (χ1n) is 24.4. The number of hydrogen-bond acceptors (Lipinski definition) is 6. The van der Waals surface area contributed by atoms with Crippen LogP contribution in [0.5, 0.6) is 0 Å². The number of allylic oxidation sites excluding steroid dienone is 8. The van der Waals surface area contributed by atoms with E-state index in [1.165, 1.54) is 116 Å². The number of unbranched alkanes of at least 4 members (excludes halogenated alkanes) is 23. The number of esters is 1. The summed E-state index contributed by atoms with van der Waals surface area (Å²) >= 11 is 0. The molecule has 0 amide bonds. The van der Waals surface area contributed by atoms with Gasteiger partial charge in [-0.2, -0.15) is 0 Å². The Hall–Kier alpha value is -1.54. The molecule has 8 nitrogen and oxygen atoms in total. The van der Waals surface area contributed by atoms with E-state index in [1.54, 1.807) is 0 Å². The van der Waals surface area contributed by atoms with Crippen LogP contribution in [-0.2, 0) is 27.9 Å². The van der Waals surface area contributed by atoms with Crippen molar-refractivity contribution in [1.29, 1.82) is 0 Å². The van der Waals surface area contributed by atoms with Crippen LogP contribution in [0.3, 0.4) is 0 Å². The fourth-order valence-corrected chi connectivity index (χ4v) is 7.40. The fraction of sp³-hybridized carbons (Fsp3) is 0.820. The minimum Gasteiger partial charge on any atom is -0.457 e. The number of ether oxygens (including phenoxy) is 2. The average molecular weight is 853 g/mol. The van der Waals surface area contributed by atoms with Crippen molar-refractivity contribution in [2.24, 2.45) is 0 Å². The van der Waals surface area contributed by atoms with Gasteiger partial charge < -0.3 is 18.9 Å². The van der Waals surface area contributed by atoms with Crippen molar-refractivity contribution in [2.75, 3.05) is 54.1 Å². The van der Waals surface area contributed by atoms with Crippen LogP contribution in [0.1, 0.15) is 206 Å². The van der Waals surface area contributed by atoms with Crippen molar-refractivity contribution in [1.82, 2.24) is 0 Å². The van der Waals surface area contributed by atoms with Crippen molar-refractivity contribution in [3.05, 3.63) is 48.6 Å². The molecule has 0 radical (unpaired) electrons. The molecule has 0 aliphatic rings. The van der Waals surface area contributed by atoms with Crippen LogP contribution in [0.25, 0.3) is 0 Å². The molecule has 1 N–H and O–H groups in total. The van der Waals surface area contributed by atoms with Crippen LogP contribution >= 0.6 is 7.82 Å².